The smallest absolute Gasteiger partial charge is 0.418 e. The molecule has 0 heterocycles. The Bertz CT molecular complexity index is 167. The summed E-state index contributed by atoms with van der Waals surface area (Å²) in [5.41, 5.74) is 0. The van der Waals surface area contributed by atoms with E-state index < -0.39 is 18.0 Å². The molecule has 0 amide bonds. The fourth-order valence-corrected chi connectivity index (χ4v) is 0.244. The van der Waals surface area contributed by atoms with Crippen LogP contribution in [-0.4, -0.2) is 18.0 Å². The van der Waals surface area contributed by atoms with Crippen molar-refractivity contribution >= 4 is 17.6 Å². The zero-order valence-corrected chi connectivity index (χ0v) is 5.49. The molecule has 0 aromatic carbocycles. The van der Waals surface area contributed by atoms with Gasteiger partial charge in [0.2, 0.25) is 0 Å². The summed E-state index contributed by atoms with van der Waals surface area (Å²) in [7, 11) is 0. The SMILES string of the molecule is C#CCOC(=O)C(F)(F)Cl. The van der Waals surface area contributed by atoms with Crippen molar-refractivity contribution < 1.29 is 18.3 Å². The number of esters is 1. The van der Waals surface area contributed by atoms with Crippen molar-refractivity contribution in [2.75, 3.05) is 6.61 Å². The molecular weight excluding hydrogens is 166 g/mol. The lowest BCUT2D eigenvalue weighted by Crippen LogP contribution is -2.24. The van der Waals surface area contributed by atoms with Gasteiger partial charge >= 0.3 is 11.4 Å². The minimum absolute atomic E-state index is 0.499. The molecule has 0 aromatic heterocycles. The molecule has 0 saturated heterocycles. The molecule has 0 spiro atoms. The summed E-state index contributed by atoms with van der Waals surface area (Å²) < 4.78 is 27.1. The number of halogens is 3. The second-order valence-electron chi connectivity index (χ2n) is 1.28. The highest BCUT2D eigenvalue weighted by Crippen LogP contribution is 2.19. The van der Waals surface area contributed by atoms with Crippen LogP contribution in [0.4, 0.5) is 8.78 Å². The van der Waals surface area contributed by atoms with Crippen LogP contribution in [0.5, 0.6) is 0 Å². The third-order valence-corrected chi connectivity index (χ3v) is 0.672. The third kappa shape index (κ3) is 3.25. The lowest BCUT2D eigenvalue weighted by molar-refractivity contribution is -0.159. The lowest BCUT2D eigenvalue weighted by Gasteiger charge is -2.04. The number of rotatable bonds is 2. The van der Waals surface area contributed by atoms with Crippen LogP contribution in [-0.2, 0) is 9.53 Å². The van der Waals surface area contributed by atoms with Gasteiger partial charge in [-0.05, 0) is 11.6 Å². The fraction of sp³-hybridized carbons (Fsp3) is 0.400. The molecule has 0 fully saturated rings. The first-order valence-electron chi connectivity index (χ1n) is 2.16. The second-order valence-corrected chi connectivity index (χ2v) is 1.75. The number of alkyl halides is 3. The van der Waals surface area contributed by atoms with Crippen LogP contribution in [0.15, 0.2) is 0 Å². The Morgan fingerprint density at radius 1 is 1.80 bits per heavy atom. The van der Waals surface area contributed by atoms with Gasteiger partial charge in [0.05, 0.1) is 0 Å². The molecule has 2 nitrogen and oxygen atoms in total. The Morgan fingerprint density at radius 2 is 2.30 bits per heavy atom. The summed E-state index contributed by atoms with van der Waals surface area (Å²) in [6.07, 6.45) is 4.60. The van der Waals surface area contributed by atoms with Crippen LogP contribution in [0, 0.1) is 12.3 Å². The van der Waals surface area contributed by atoms with Crippen LogP contribution >= 0.6 is 11.6 Å². The number of carbonyl (C=O) groups is 1. The van der Waals surface area contributed by atoms with Crippen molar-refractivity contribution in [1.82, 2.24) is 0 Å². The predicted octanol–water partition coefficient (Wildman–Crippen LogP) is 0.994. The van der Waals surface area contributed by atoms with E-state index in [2.05, 4.69) is 22.8 Å². The fourth-order valence-electron chi connectivity index (χ4n) is 0.189. The Morgan fingerprint density at radius 3 is 2.60 bits per heavy atom. The van der Waals surface area contributed by atoms with Gasteiger partial charge in [-0.1, -0.05) is 5.92 Å². The molecule has 56 valence electrons. The van der Waals surface area contributed by atoms with Crippen LogP contribution in [0.25, 0.3) is 0 Å². The molecule has 0 bridgehead atoms. The largest absolute Gasteiger partial charge is 0.447 e. The maximum Gasteiger partial charge on any atom is 0.418 e. The van der Waals surface area contributed by atoms with E-state index in [9.17, 15) is 13.6 Å². The monoisotopic (exact) mass is 168 g/mol. The maximum absolute atomic E-state index is 11.7. The molecular formula is C5H3ClF2O2. The molecule has 10 heavy (non-hydrogen) atoms. The Labute approximate surface area is 61.1 Å². The average molecular weight is 169 g/mol. The van der Waals surface area contributed by atoms with Crippen molar-refractivity contribution in [3.8, 4) is 12.3 Å². The predicted molar refractivity (Wildman–Crippen MR) is 30.6 cm³/mol. The quantitative estimate of drug-likeness (QED) is 0.349. The summed E-state index contributed by atoms with van der Waals surface area (Å²) in [4.78, 5) is 10.0. The van der Waals surface area contributed by atoms with Crippen LogP contribution < -0.4 is 0 Å². The molecule has 5 heteroatoms. The van der Waals surface area contributed by atoms with E-state index in [4.69, 9.17) is 0 Å². The lowest BCUT2D eigenvalue weighted by atomic mass is 10.7. The van der Waals surface area contributed by atoms with E-state index in [1.807, 2.05) is 5.92 Å². The van der Waals surface area contributed by atoms with Gasteiger partial charge in [-0.3, -0.25) is 0 Å². The highest BCUT2D eigenvalue weighted by atomic mass is 35.5. The summed E-state index contributed by atoms with van der Waals surface area (Å²) in [6.45, 7) is -0.499. The van der Waals surface area contributed by atoms with Gasteiger partial charge in [-0.15, -0.1) is 6.42 Å². The summed E-state index contributed by atoms with van der Waals surface area (Å²) >= 11 is 4.24. The van der Waals surface area contributed by atoms with Gasteiger partial charge in [-0.2, -0.15) is 8.78 Å². The minimum Gasteiger partial charge on any atom is -0.447 e. The Kier molecular flexibility index (Phi) is 3.10. The number of carbonyl (C=O) groups excluding carboxylic acids is 1. The molecule has 0 aliphatic rings. The van der Waals surface area contributed by atoms with E-state index in [0.29, 0.717) is 0 Å². The van der Waals surface area contributed by atoms with Gasteiger partial charge in [0.1, 0.15) is 0 Å². The standard InChI is InChI=1S/C5H3ClF2O2/c1-2-3-10-4(9)5(6,7)8/h1H,3H2. The molecule has 0 radical (unpaired) electrons. The van der Waals surface area contributed by atoms with E-state index in [1.165, 1.54) is 0 Å². The highest BCUT2D eigenvalue weighted by Gasteiger charge is 2.37. The highest BCUT2D eigenvalue weighted by molar-refractivity contribution is 6.31. The molecule has 0 saturated carbocycles. The van der Waals surface area contributed by atoms with Crippen molar-refractivity contribution in [3.63, 3.8) is 0 Å². The minimum atomic E-state index is -3.98. The van der Waals surface area contributed by atoms with Crippen LogP contribution in [0.1, 0.15) is 0 Å². The van der Waals surface area contributed by atoms with Crippen molar-refractivity contribution in [2.45, 2.75) is 5.38 Å². The molecule has 0 aromatic rings. The average Bonchev–Trinajstić information content (AvgIpc) is 1.80. The molecule has 0 aliphatic heterocycles. The first-order chi connectivity index (χ1) is 4.48. The zero-order valence-electron chi connectivity index (χ0n) is 4.73. The van der Waals surface area contributed by atoms with E-state index >= 15 is 0 Å². The number of hydrogen-bond acceptors (Lipinski definition) is 2. The Balaban J connectivity index is 3.78. The maximum atomic E-state index is 11.7. The van der Waals surface area contributed by atoms with Gasteiger partial charge in [0.15, 0.2) is 6.61 Å². The third-order valence-electron chi connectivity index (χ3n) is 0.518. The van der Waals surface area contributed by atoms with Gasteiger partial charge in [0.25, 0.3) is 0 Å². The summed E-state index contributed by atoms with van der Waals surface area (Å²) in [6, 6.07) is 0. The normalized spacial score (nSPS) is 10.2. The summed E-state index contributed by atoms with van der Waals surface area (Å²) in [5.74, 6) is 0.00892. The molecule has 0 rings (SSSR count). The molecule has 0 atom stereocenters. The number of terminal acetylenes is 1. The van der Waals surface area contributed by atoms with Gasteiger partial charge < -0.3 is 4.74 Å². The number of hydrogen-bond donors (Lipinski definition) is 0. The number of ether oxygens (including phenoxy) is 1. The van der Waals surface area contributed by atoms with Gasteiger partial charge in [0, 0.05) is 0 Å². The van der Waals surface area contributed by atoms with E-state index in [0.717, 1.165) is 0 Å². The molecule has 0 N–H and O–H groups in total. The molecule has 0 aliphatic carbocycles. The first-order valence-corrected chi connectivity index (χ1v) is 2.53. The first kappa shape index (κ1) is 9.18. The topological polar surface area (TPSA) is 26.3 Å². The second kappa shape index (κ2) is 3.37. The van der Waals surface area contributed by atoms with Gasteiger partial charge in [-0.25, -0.2) is 4.79 Å². The van der Waals surface area contributed by atoms with E-state index in [-0.39, 0.29) is 0 Å². The van der Waals surface area contributed by atoms with Crippen LogP contribution in [0.3, 0.4) is 0 Å². The van der Waals surface area contributed by atoms with Crippen molar-refractivity contribution in [2.24, 2.45) is 0 Å². The van der Waals surface area contributed by atoms with Crippen molar-refractivity contribution in [1.29, 1.82) is 0 Å². The van der Waals surface area contributed by atoms with Crippen LogP contribution in [0.2, 0.25) is 0 Å². The zero-order chi connectivity index (χ0) is 8.20. The van der Waals surface area contributed by atoms with Crippen molar-refractivity contribution in [3.05, 3.63) is 0 Å². The Hall–Kier alpha value is -0.820. The van der Waals surface area contributed by atoms with E-state index in [1.54, 1.807) is 0 Å². The summed E-state index contributed by atoms with van der Waals surface area (Å²) in [5, 5.41) is -3.98. The molecule has 0 unspecified atom stereocenters.